The minimum absolute atomic E-state index is 0.0833. The Balaban J connectivity index is 0.000000609. The summed E-state index contributed by atoms with van der Waals surface area (Å²) < 4.78 is 0. The van der Waals surface area contributed by atoms with Crippen LogP contribution in [-0.4, -0.2) is 47.5 Å². The molecule has 0 amide bonds. The van der Waals surface area contributed by atoms with Gasteiger partial charge in [0.2, 0.25) is 5.69 Å². The molecule has 2 heterocycles. The molecule has 0 atom stereocenters. The number of aromatic amines is 1. The maximum atomic E-state index is 10.5. The zero-order chi connectivity index (χ0) is 19.6. The highest BCUT2D eigenvalue weighted by molar-refractivity contribution is 5.68. The summed E-state index contributed by atoms with van der Waals surface area (Å²) in [4.78, 5) is 23.2. The van der Waals surface area contributed by atoms with Crippen molar-refractivity contribution < 1.29 is 20.8 Å². The molecule has 0 aromatic carbocycles. The van der Waals surface area contributed by atoms with Gasteiger partial charge in [-0.2, -0.15) is 0 Å². The molecule has 2 rings (SSSR count). The molecule has 25 heavy (non-hydrogen) atoms. The van der Waals surface area contributed by atoms with Crippen LogP contribution in [0, 0.1) is 20.2 Å². The molecule has 0 saturated heterocycles. The highest BCUT2D eigenvalue weighted by Gasteiger charge is 2.19. The first kappa shape index (κ1) is 20.4. The van der Waals surface area contributed by atoms with Gasteiger partial charge in [0, 0.05) is 5.82 Å². The van der Waals surface area contributed by atoms with Crippen LogP contribution in [0.4, 0.5) is 11.8 Å². The van der Waals surface area contributed by atoms with Gasteiger partial charge >= 0.3 is 17.7 Å². The van der Waals surface area contributed by atoms with E-state index in [9.17, 15) is 20.2 Å². The number of nitrogens with two attached hydrogens (primary N) is 6. The van der Waals surface area contributed by atoms with Crippen LogP contribution < -0.4 is 38.7 Å². The predicted molar refractivity (Wildman–Crippen MR) is 78.0 cm³/mol. The maximum Gasteiger partial charge on any atom is 0.418 e. The Hall–Kier alpha value is -4.58. The van der Waals surface area contributed by atoms with E-state index in [0.29, 0.717) is 0 Å². The SMILES string of the molecule is NC(N)=[NH2+].NC(N)=[NH2+].O=[N+]([O-])[N-]c1nnc(-c2n[nH]nc2[N+](=O)[O-])[n-]1. The third-order valence-corrected chi connectivity index (χ3v) is 1.53. The average molecular weight is 359 g/mol. The molecule has 0 saturated carbocycles. The fraction of sp³-hybridized carbons (Fsp3) is 0. The number of aromatic nitrogens is 6. The number of nitrogens with one attached hydrogen (secondary N) is 1. The molecular weight excluding hydrogens is 346 g/mol. The smallest absolute Gasteiger partial charge is 0.418 e. The molecule has 13 N–H and O–H groups in total. The molecule has 0 bridgehead atoms. The molecule has 0 radical (unpaired) electrons. The topological polar surface area (TPSA) is 337 Å². The van der Waals surface area contributed by atoms with Crippen LogP contribution in [0.25, 0.3) is 16.9 Å². The molecule has 2 aromatic heterocycles. The Kier molecular flexibility index (Phi) is 7.71. The second kappa shape index (κ2) is 9.44. The van der Waals surface area contributed by atoms with E-state index in [2.05, 4.69) is 64.6 Å². The third kappa shape index (κ3) is 8.44. The summed E-state index contributed by atoms with van der Waals surface area (Å²) in [5.41, 5.74) is 20.8. The van der Waals surface area contributed by atoms with E-state index in [4.69, 9.17) is 0 Å². The van der Waals surface area contributed by atoms with Crippen molar-refractivity contribution in [3.05, 3.63) is 25.7 Å². The fourth-order valence-electron chi connectivity index (χ4n) is 0.950. The van der Waals surface area contributed by atoms with Crippen molar-refractivity contribution in [1.82, 2.24) is 30.6 Å². The van der Waals surface area contributed by atoms with Crippen LogP contribution in [-0.2, 0) is 0 Å². The molecule has 0 spiro atoms. The summed E-state index contributed by atoms with van der Waals surface area (Å²) in [6, 6.07) is 0. The molecule has 0 aliphatic carbocycles. The Morgan fingerprint density at radius 3 is 2.04 bits per heavy atom. The van der Waals surface area contributed by atoms with Crippen molar-refractivity contribution >= 4 is 23.7 Å². The van der Waals surface area contributed by atoms with Crippen LogP contribution in [0.3, 0.4) is 0 Å². The lowest BCUT2D eigenvalue weighted by Gasteiger charge is -2.06. The summed E-state index contributed by atoms with van der Waals surface area (Å²) in [7, 11) is 0. The summed E-state index contributed by atoms with van der Waals surface area (Å²) in [6.07, 6.45) is 0. The second-order valence-electron chi connectivity index (χ2n) is 3.53. The molecule has 0 unspecified atom stereocenters. The number of hydrogen-bond acceptors (Lipinski definition) is 8. The predicted octanol–water partition coefficient (Wildman–Crippen LogP) is -6.64. The fourth-order valence-corrected chi connectivity index (χ4v) is 0.950. The van der Waals surface area contributed by atoms with Gasteiger partial charge in [0.05, 0.1) is 10.1 Å². The Morgan fingerprint density at radius 2 is 1.60 bits per heavy atom. The van der Waals surface area contributed by atoms with Crippen molar-refractivity contribution in [3.8, 4) is 11.5 Å². The first-order chi connectivity index (χ1) is 11.5. The van der Waals surface area contributed by atoms with Gasteiger partial charge in [-0.25, -0.2) is 5.43 Å². The van der Waals surface area contributed by atoms with Crippen molar-refractivity contribution in [2.75, 3.05) is 0 Å². The summed E-state index contributed by atoms with van der Waals surface area (Å²) >= 11 is 0. The molecule has 0 aliphatic rings. The molecule has 136 valence electrons. The van der Waals surface area contributed by atoms with E-state index in [1.54, 1.807) is 0 Å². The van der Waals surface area contributed by atoms with Crippen molar-refractivity contribution in [2.24, 2.45) is 22.9 Å². The largest absolute Gasteiger partial charge is 0.501 e. The van der Waals surface area contributed by atoms with Gasteiger partial charge in [0.1, 0.15) is 0 Å². The van der Waals surface area contributed by atoms with Crippen molar-refractivity contribution in [1.29, 1.82) is 0 Å². The van der Waals surface area contributed by atoms with Gasteiger partial charge in [-0.15, -0.1) is 10.3 Å². The van der Waals surface area contributed by atoms with Gasteiger partial charge in [0.15, 0.2) is 0 Å². The van der Waals surface area contributed by atoms with E-state index in [1.165, 1.54) is 0 Å². The summed E-state index contributed by atoms with van der Waals surface area (Å²) in [6.45, 7) is 0. The number of rotatable bonds is 4. The van der Waals surface area contributed by atoms with Gasteiger partial charge < -0.3 is 25.3 Å². The lowest BCUT2D eigenvalue weighted by atomic mass is 10.4. The third-order valence-electron chi connectivity index (χ3n) is 1.53. The van der Waals surface area contributed by atoms with Gasteiger partial charge in [-0.1, -0.05) is 5.95 Å². The number of nitro groups is 2. The Labute approximate surface area is 136 Å². The van der Waals surface area contributed by atoms with Gasteiger partial charge in [-0.05, 0) is 4.92 Å². The minimum atomic E-state index is -1.02. The van der Waals surface area contributed by atoms with Crippen molar-refractivity contribution in [3.63, 3.8) is 0 Å². The van der Waals surface area contributed by atoms with Crippen LogP contribution >= 0.6 is 0 Å². The van der Waals surface area contributed by atoms with E-state index < -0.39 is 21.7 Å². The number of H-pyrrole nitrogens is 1. The number of hydrogen-bond donors (Lipinski definition) is 7. The van der Waals surface area contributed by atoms with Gasteiger partial charge in [0.25, 0.3) is 0 Å². The molecule has 2 aromatic rings. The number of nitrogens with zero attached hydrogens (tertiary/aromatic N) is 8. The van der Waals surface area contributed by atoms with E-state index in [-0.39, 0.29) is 23.4 Å². The maximum absolute atomic E-state index is 10.5. The Bertz CT molecular complexity index is 727. The lowest BCUT2D eigenvalue weighted by molar-refractivity contribution is -0.419. The van der Waals surface area contributed by atoms with Crippen LogP contribution in [0.2, 0.25) is 0 Å². The highest BCUT2D eigenvalue weighted by Crippen LogP contribution is 2.22. The van der Waals surface area contributed by atoms with Crippen LogP contribution in [0.15, 0.2) is 0 Å². The van der Waals surface area contributed by atoms with E-state index >= 15 is 0 Å². The summed E-state index contributed by atoms with van der Waals surface area (Å²) in [5.74, 6) is -1.57. The van der Waals surface area contributed by atoms with Crippen molar-refractivity contribution in [2.45, 2.75) is 0 Å². The summed E-state index contributed by atoms with van der Waals surface area (Å²) in [5, 5.41) is 44.0. The van der Waals surface area contributed by atoms with Gasteiger partial charge in [-0.3, -0.25) is 43.9 Å². The molecule has 0 aliphatic heterocycles. The second-order valence-corrected chi connectivity index (χ2v) is 3.53. The average Bonchev–Trinajstić information content (AvgIpc) is 3.04. The zero-order valence-electron chi connectivity index (χ0n) is 12.2. The van der Waals surface area contributed by atoms with E-state index in [0.717, 1.165) is 0 Å². The zero-order valence-corrected chi connectivity index (χ0v) is 12.2. The Morgan fingerprint density at radius 1 is 1.08 bits per heavy atom. The monoisotopic (exact) mass is 359 g/mol. The quantitative estimate of drug-likeness (QED) is 0.115. The standard InChI is InChI=1S/C4HN9O4.2CH5N3/c14-12(15)3-1(6-11-8-3)2-5-4(9-7-2)10-13(16)17;2*2-1(3)4/h(H-2,5,6,7,8,9,10,11);2*(H5,2,3,4)/q-2;;/p+2. The number of guanidine groups is 2. The van der Waals surface area contributed by atoms with Crippen LogP contribution in [0.5, 0.6) is 0 Å². The first-order valence-electron chi connectivity index (χ1n) is 5.60. The molecule has 19 heteroatoms. The lowest BCUT2D eigenvalue weighted by Crippen LogP contribution is -2.51. The van der Waals surface area contributed by atoms with Crippen LogP contribution in [0.1, 0.15) is 0 Å². The molecule has 19 nitrogen and oxygen atoms in total. The minimum Gasteiger partial charge on any atom is -0.501 e. The van der Waals surface area contributed by atoms with E-state index in [1.807, 2.05) is 5.21 Å². The normalized spacial score (nSPS) is 8.80. The first-order valence-corrected chi connectivity index (χ1v) is 5.60. The highest BCUT2D eigenvalue weighted by atomic mass is 16.7. The molecular formula is C6H13N15O4. The molecule has 0 fully saturated rings.